The molecule has 0 aliphatic carbocycles. The number of hydrogen-bond acceptors (Lipinski definition) is 4. The van der Waals surface area contributed by atoms with Crippen LogP contribution in [0.3, 0.4) is 0 Å². The molecule has 1 heterocycles. The Morgan fingerprint density at radius 2 is 1.96 bits per heavy atom. The van der Waals surface area contributed by atoms with E-state index in [4.69, 9.17) is 0 Å². The van der Waals surface area contributed by atoms with E-state index in [2.05, 4.69) is 5.32 Å². The van der Waals surface area contributed by atoms with Crippen LogP contribution in [0, 0.1) is 11.7 Å². The highest BCUT2D eigenvalue weighted by Gasteiger charge is 2.32. The van der Waals surface area contributed by atoms with Gasteiger partial charge in [-0.3, -0.25) is 9.59 Å². The Morgan fingerprint density at radius 3 is 2.58 bits per heavy atom. The van der Waals surface area contributed by atoms with E-state index in [-0.39, 0.29) is 29.7 Å². The van der Waals surface area contributed by atoms with Crippen LogP contribution in [0.15, 0.2) is 29.2 Å². The lowest BCUT2D eigenvalue weighted by Gasteiger charge is -2.20. The van der Waals surface area contributed by atoms with Gasteiger partial charge >= 0.3 is 0 Å². The molecule has 0 bridgehead atoms. The number of hydrogen-bond donors (Lipinski definition) is 1. The van der Waals surface area contributed by atoms with Gasteiger partial charge < -0.3 is 5.32 Å². The second kappa shape index (κ2) is 8.73. The van der Waals surface area contributed by atoms with E-state index in [1.165, 1.54) is 12.1 Å². The molecule has 0 aromatic heterocycles. The first kappa shape index (κ1) is 20.5. The Balaban J connectivity index is 2.04. The van der Waals surface area contributed by atoms with Gasteiger partial charge in [-0.15, -0.1) is 0 Å². The van der Waals surface area contributed by atoms with E-state index in [9.17, 15) is 22.4 Å². The van der Waals surface area contributed by atoms with E-state index in [1.807, 2.05) is 13.8 Å². The monoisotopic (exact) mass is 384 g/mol. The van der Waals surface area contributed by atoms with Gasteiger partial charge in [-0.2, -0.15) is 4.31 Å². The van der Waals surface area contributed by atoms with Crippen molar-refractivity contribution in [2.45, 2.75) is 50.5 Å². The Kier molecular flexibility index (Phi) is 6.88. The fraction of sp³-hybridized carbons (Fsp3) is 0.556. The molecule has 1 fully saturated rings. The second-order valence-electron chi connectivity index (χ2n) is 6.95. The number of amides is 1. The molecule has 144 valence electrons. The lowest BCUT2D eigenvalue weighted by Crippen LogP contribution is -2.44. The van der Waals surface area contributed by atoms with Crippen molar-refractivity contribution in [2.24, 2.45) is 5.92 Å². The van der Waals surface area contributed by atoms with Crippen LogP contribution < -0.4 is 5.32 Å². The summed E-state index contributed by atoms with van der Waals surface area (Å²) in [7, 11) is -3.88. The molecule has 1 aromatic rings. The number of carbonyl (C=O) groups excluding carboxylic acids is 2. The summed E-state index contributed by atoms with van der Waals surface area (Å²) in [6.07, 6.45) is 1.94. The predicted octanol–water partition coefficient (Wildman–Crippen LogP) is 2.10. The Bertz CT molecular complexity index is 747. The van der Waals surface area contributed by atoms with E-state index in [0.717, 1.165) is 22.9 Å². The molecule has 1 amide bonds. The first-order valence-corrected chi connectivity index (χ1v) is 10.2. The van der Waals surface area contributed by atoms with Crippen LogP contribution in [0.1, 0.15) is 39.5 Å². The molecule has 8 heteroatoms. The van der Waals surface area contributed by atoms with Gasteiger partial charge in [0.2, 0.25) is 15.9 Å². The summed E-state index contributed by atoms with van der Waals surface area (Å²) in [5, 5.41) is 2.72. The van der Waals surface area contributed by atoms with Crippen molar-refractivity contribution < 1.29 is 22.4 Å². The molecule has 0 unspecified atom stereocenters. The fourth-order valence-electron chi connectivity index (χ4n) is 2.80. The molecule has 1 saturated heterocycles. The first-order valence-electron chi connectivity index (χ1n) is 8.78. The molecule has 1 aromatic carbocycles. The number of ketones is 1. The van der Waals surface area contributed by atoms with Gasteiger partial charge in [-0.1, -0.05) is 13.8 Å². The number of carbonyl (C=O) groups is 2. The number of halogens is 1. The summed E-state index contributed by atoms with van der Waals surface area (Å²) in [5.74, 6) is -0.653. The quantitative estimate of drug-likeness (QED) is 0.814. The Hall–Kier alpha value is -1.80. The minimum Gasteiger partial charge on any atom is -0.346 e. The summed E-state index contributed by atoms with van der Waals surface area (Å²) >= 11 is 0. The molecule has 0 saturated carbocycles. The van der Waals surface area contributed by atoms with Gasteiger partial charge in [0.1, 0.15) is 5.82 Å². The average Bonchev–Trinajstić information content (AvgIpc) is 2.76. The van der Waals surface area contributed by atoms with E-state index >= 15 is 0 Å². The molecule has 6 nitrogen and oxygen atoms in total. The smallest absolute Gasteiger partial charge is 0.243 e. The second-order valence-corrected chi connectivity index (χ2v) is 8.89. The van der Waals surface area contributed by atoms with E-state index in [1.54, 1.807) is 0 Å². The molecule has 1 aliphatic heterocycles. The number of nitrogens with zero attached hydrogens (tertiary/aromatic N) is 1. The fourth-order valence-corrected chi connectivity index (χ4v) is 4.24. The van der Waals surface area contributed by atoms with Crippen LogP contribution in [0.25, 0.3) is 0 Å². The summed E-state index contributed by atoms with van der Waals surface area (Å²) in [4.78, 5) is 24.4. The molecule has 26 heavy (non-hydrogen) atoms. The Labute approximate surface area is 153 Å². The highest BCUT2D eigenvalue weighted by atomic mass is 32.2. The molecule has 1 N–H and O–H groups in total. The topological polar surface area (TPSA) is 83.6 Å². The number of nitrogens with one attached hydrogen (secondary N) is 1. The van der Waals surface area contributed by atoms with Crippen LogP contribution in [0.5, 0.6) is 0 Å². The van der Waals surface area contributed by atoms with Gasteiger partial charge in [0.25, 0.3) is 0 Å². The van der Waals surface area contributed by atoms with Crippen molar-refractivity contribution in [3.63, 3.8) is 0 Å². The van der Waals surface area contributed by atoms with Crippen molar-refractivity contribution >= 4 is 21.7 Å². The lowest BCUT2D eigenvalue weighted by molar-refractivity contribution is -0.127. The van der Waals surface area contributed by atoms with E-state index in [0.29, 0.717) is 25.2 Å². The number of rotatable bonds is 6. The number of Topliss-reactive ketones (excluding diaryl/α,β-unsaturated/α-hetero) is 1. The summed E-state index contributed by atoms with van der Waals surface area (Å²) in [6, 6.07) is 3.86. The summed E-state index contributed by atoms with van der Waals surface area (Å²) in [5.41, 5.74) is 0. The van der Waals surface area contributed by atoms with Gasteiger partial charge in [-0.25, -0.2) is 12.8 Å². The first-order chi connectivity index (χ1) is 12.2. The molecule has 2 rings (SSSR count). The van der Waals surface area contributed by atoms with Crippen LogP contribution in [0.4, 0.5) is 4.39 Å². The Morgan fingerprint density at radius 1 is 1.31 bits per heavy atom. The minimum atomic E-state index is -3.88. The van der Waals surface area contributed by atoms with Crippen molar-refractivity contribution in [2.75, 3.05) is 13.1 Å². The zero-order valence-corrected chi connectivity index (χ0v) is 15.9. The highest BCUT2D eigenvalue weighted by Crippen LogP contribution is 2.20. The third-order valence-electron chi connectivity index (χ3n) is 4.36. The molecule has 1 atom stereocenters. The lowest BCUT2D eigenvalue weighted by atomic mass is 10.1. The third kappa shape index (κ3) is 5.35. The highest BCUT2D eigenvalue weighted by molar-refractivity contribution is 7.89. The number of benzene rings is 1. The van der Waals surface area contributed by atoms with Gasteiger partial charge in [0.15, 0.2) is 5.78 Å². The third-order valence-corrected chi connectivity index (χ3v) is 6.22. The van der Waals surface area contributed by atoms with Gasteiger partial charge in [0, 0.05) is 13.0 Å². The standard InChI is InChI=1S/C18H25FN2O4S/c1-13(2)5-10-18(23)20-16-4-3-11-21(12-17(16)22)26(24,25)15-8-6-14(19)7-9-15/h6-9,13,16H,3-5,10-12H2,1-2H3,(H,20,23)/t16-/m0/s1. The number of sulfonamides is 1. The largest absolute Gasteiger partial charge is 0.346 e. The minimum absolute atomic E-state index is 0.0499. The van der Waals surface area contributed by atoms with Gasteiger partial charge in [-0.05, 0) is 49.4 Å². The van der Waals surface area contributed by atoms with Crippen LogP contribution >= 0.6 is 0 Å². The maximum absolute atomic E-state index is 13.0. The molecule has 1 aliphatic rings. The normalized spacial score (nSPS) is 19.4. The van der Waals surface area contributed by atoms with Crippen molar-refractivity contribution in [3.8, 4) is 0 Å². The zero-order chi connectivity index (χ0) is 19.3. The van der Waals surface area contributed by atoms with E-state index < -0.39 is 21.9 Å². The van der Waals surface area contributed by atoms with Crippen LogP contribution in [-0.4, -0.2) is 43.5 Å². The zero-order valence-electron chi connectivity index (χ0n) is 15.1. The molecule has 0 radical (unpaired) electrons. The maximum Gasteiger partial charge on any atom is 0.243 e. The summed E-state index contributed by atoms with van der Waals surface area (Å²) in [6.45, 7) is 3.92. The molecular weight excluding hydrogens is 359 g/mol. The molecular formula is C18H25FN2O4S. The predicted molar refractivity (Wildman–Crippen MR) is 95.4 cm³/mol. The SMILES string of the molecule is CC(C)CCC(=O)N[C@H]1CCCN(S(=O)(=O)c2ccc(F)cc2)CC1=O. The average molecular weight is 384 g/mol. The van der Waals surface area contributed by atoms with Crippen molar-refractivity contribution in [3.05, 3.63) is 30.1 Å². The van der Waals surface area contributed by atoms with Crippen molar-refractivity contribution in [1.29, 1.82) is 0 Å². The van der Waals surface area contributed by atoms with Crippen LogP contribution in [0.2, 0.25) is 0 Å². The van der Waals surface area contributed by atoms with Crippen LogP contribution in [-0.2, 0) is 19.6 Å². The van der Waals surface area contributed by atoms with Gasteiger partial charge in [0.05, 0.1) is 17.5 Å². The van der Waals surface area contributed by atoms with Crippen molar-refractivity contribution in [1.82, 2.24) is 9.62 Å². The maximum atomic E-state index is 13.0. The summed E-state index contributed by atoms with van der Waals surface area (Å²) < 4.78 is 39.5. The molecule has 0 spiro atoms.